The molecule has 0 aromatic carbocycles. The highest BCUT2D eigenvalue weighted by atomic mass is 14.5. The van der Waals surface area contributed by atoms with Crippen LogP contribution >= 0.6 is 0 Å². The summed E-state index contributed by atoms with van der Waals surface area (Å²) >= 11 is 0. The van der Waals surface area contributed by atoms with Crippen molar-refractivity contribution in [3.8, 4) is 0 Å². The lowest BCUT2D eigenvalue weighted by Gasteiger charge is -2.24. The molecule has 0 amide bonds. The molecule has 6 rings (SSSR count). The van der Waals surface area contributed by atoms with Gasteiger partial charge in [0.05, 0.1) is 0 Å². The van der Waals surface area contributed by atoms with Crippen LogP contribution in [0.4, 0.5) is 0 Å². The van der Waals surface area contributed by atoms with Crippen molar-refractivity contribution >= 4 is 0 Å². The van der Waals surface area contributed by atoms with Gasteiger partial charge in [-0.3, -0.25) is 0 Å². The van der Waals surface area contributed by atoms with Crippen LogP contribution in [0.2, 0.25) is 0 Å². The Morgan fingerprint density at radius 1 is 0.647 bits per heavy atom. The Morgan fingerprint density at radius 2 is 1.24 bits per heavy atom. The summed E-state index contributed by atoms with van der Waals surface area (Å²) in [6.45, 7) is 14.0. The highest BCUT2D eigenvalue weighted by Gasteiger charge is 2.42. The third-order valence-corrected chi connectivity index (χ3v) is 10.7. The topological polar surface area (TPSA) is 0 Å². The van der Waals surface area contributed by atoms with E-state index in [0.29, 0.717) is 0 Å². The molecule has 0 heteroatoms. The quantitative estimate of drug-likeness (QED) is 0.361. The van der Waals surface area contributed by atoms with Crippen LogP contribution in [0.25, 0.3) is 0 Å². The first kappa shape index (κ1) is 28.1. The summed E-state index contributed by atoms with van der Waals surface area (Å²) in [5.41, 5.74) is 0. The molecule has 0 N–H and O–H groups in total. The molecule has 10 unspecified atom stereocenters. The van der Waals surface area contributed by atoms with E-state index >= 15 is 0 Å². The van der Waals surface area contributed by atoms with E-state index in [4.69, 9.17) is 0 Å². The van der Waals surface area contributed by atoms with Crippen LogP contribution in [-0.2, 0) is 0 Å². The van der Waals surface area contributed by atoms with E-state index in [0.717, 1.165) is 59.2 Å². The first-order chi connectivity index (χ1) is 16.4. The molecular weight excluding hydrogens is 408 g/mol. The van der Waals surface area contributed by atoms with Gasteiger partial charge in [0.1, 0.15) is 0 Å². The lowest BCUT2D eigenvalue weighted by Crippen LogP contribution is -2.15. The Kier molecular flexibility index (Phi) is 11.8. The van der Waals surface area contributed by atoms with Gasteiger partial charge in [-0.05, 0) is 124 Å². The number of fused-ring (bicyclic) bond motifs is 4. The molecule has 10 atom stereocenters. The van der Waals surface area contributed by atoms with Gasteiger partial charge in [0.25, 0.3) is 0 Å². The molecule has 6 aliphatic carbocycles. The fraction of sp³-hybridized carbons (Fsp3) is 0.882. The largest absolute Gasteiger partial charge is 0.0914 e. The third kappa shape index (κ3) is 8.55. The van der Waals surface area contributed by atoms with E-state index in [-0.39, 0.29) is 0 Å². The van der Waals surface area contributed by atoms with E-state index in [9.17, 15) is 0 Å². The lowest BCUT2D eigenvalue weighted by molar-refractivity contribution is 0.259. The van der Waals surface area contributed by atoms with Crippen molar-refractivity contribution < 1.29 is 0 Å². The Labute approximate surface area is 214 Å². The maximum Gasteiger partial charge on any atom is -0.0228 e. The molecule has 196 valence electrons. The van der Waals surface area contributed by atoms with Gasteiger partial charge >= 0.3 is 0 Å². The monoisotopic (exact) mass is 468 g/mol. The van der Waals surface area contributed by atoms with Crippen molar-refractivity contribution in [2.75, 3.05) is 0 Å². The van der Waals surface area contributed by atoms with Gasteiger partial charge in [-0.1, -0.05) is 91.0 Å². The van der Waals surface area contributed by atoms with Crippen molar-refractivity contribution in [3.63, 3.8) is 0 Å². The molecule has 0 nitrogen and oxygen atoms in total. The zero-order chi connectivity index (χ0) is 24.5. The zero-order valence-corrected chi connectivity index (χ0v) is 24.0. The van der Waals surface area contributed by atoms with Gasteiger partial charge in [-0.2, -0.15) is 0 Å². The third-order valence-electron chi connectivity index (χ3n) is 10.7. The predicted octanol–water partition coefficient (Wildman–Crippen LogP) is 10.9. The molecule has 0 spiro atoms. The molecule has 0 radical (unpaired) electrons. The smallest absolute Gasteiger partial charge is 0.0228 e. The molecule has 0 heterocycles. The second-order valence-electron chi connectivity index (χ2n) is 13.5. The van der Waals surface area contributed by atoms with Crippen LogP contribution < -0.4 is 0 Å². The Hall–Kier alpha value is -0.520. The molecule has 0 aromatic rings. The summed E-state index contributed by atoms with van der Waals surface area (Å²) in [6.07, 6.45) is 30.0. The summed E-state index contributed by atoms with van der Waals surface area (Å²) in [5.74, 6) is 10.3. The molecule has 0 aliphatic heterocycles. The molecule has 5 saturated carbocycles. The van der Waals surface area contributed by atoms with Gasteiger partial charge < -0.3 is 0 Å². The maximum absolute atomic E-state index is 2.44. The molecule has 34 heavy (non-hydrogen) atoms. The minimum Gasteiger partial charge on any atom is -0.0914 e. The minimum atomic E-state index is 0.907. The van der Waals surface area contributed by atoms with Crippen molar-refractivity contribution in [3.05, 3.63) is 24.3 Å². The standard InChI is InChI=1S/C9H16.C9H18.C9H16.C7H10/c1-6-7(2)9-4-3-8(6)5-9;2*1-3-4-9-6-5-8(2)7-9;1-2-7-4-3-6(1)5-7/h6-9H,3-5H2,1-2H3;8-9H,3-7H2,1-2H3;3-4,8-9H,5-7H2,1-2H3;1-2,6-7H,3-5H2/b;;4-3+;. The van der Waals surface area contributed by atoms with E-state index in [1.54, 1.807) is 6.42 Å². The van der Waals surface area contributed by atoms with Crippen LogP contribution in [-0.4, -0.2) is 0 Å². The summed E-state index contributed by atoms with van der Waals surface area (Å²) in [5, 5.41) is 0. The van der Waals surface area contributed by atoms with Gasteiger partial charge in [0.2, 0.25) is 0 Å². The summed E-state index contributed by atoms with van der Waals surface area (Å²) < 4.78 is 0. The van der Waals surface area contributed by atoms with Gasteiger partial charge in [-0.15, -0.1) is 0 Å². The van der Waals surface area contributed by atoms with Crippen LogP contribution in [0, 0.1) is 59.2 Å². The van der Waals surface area contributed by atoms with Crippen molar-refractivity contribution in [2.45, 2.75) is 131 Å². The SMILES string of the molecule is C/C=C/C1CCC(C)C1.C1=CC2CCC1C2.CC1C2CCC(C2)C1C.CCCC1CCC(C)C1. The summed E-state index contributed by atoms with van der Waals surface area (Å²) in [4.78, 5) is 0. The first-order valence-electron chi connectivity index (χ1n) is 15.7. The molecule has 5 fully saturated rings. The second-order valence-corrected chi connectivity index (χ2v) is 13.5. The molecule has 6 aliphatic rings. The molecular formula is C34H60. The highest BCUT2D eigenvalue weighted by molar-refractivity contribution is 5.06. The van der Waals surface area contributed by atoms with Crippen LogP contribution in [0.5, 0.6) is 0 Å². The van der Waals surface area contributed by atoms with Crippen molar-refractivity contribution in [2.24, 2.45) is 59.2 Å². The molecule has 0 saturated heterocycles. The van der Waals surface area contributed by atoms with E-state index < -0.39 is 0 Å². The summed E-state index contributed by atoms with van der Waals surface area (Å²) in [7, 11) is 0. The Balaban J connectivity index is 0.000000127. The highest BCUT2D eigenvalue weighted by Crippen LogP contribution is 2.51. The van der Waals surface area contributed by atoms with Gasteiger partial charge in [0, 0.05) is 0 Å². The van der Waals surface area contributed by atoms with Gasteiger partial charge in [0.15, 0.2) is 0 Å². The average Bonchev–Trinajstić information content (AvgIpc) is 3.65. The lowest BCUT2D eigenvalue weighted by atomic mass is 9.82. The first-order valence-corrected chi connectivity index (χ1v) is 15.7. The van der Waals surface area contributed by atoms with Crippen molar-refractivity contribution in [1.82, 2.24) is 0 Å². The van der Waals surface area contributed by atoms with Crippen LogP contribution in [0.3, 0.4) is 0 Å². The zero-order valence-electron chi connectivity index (χ0n) is 24.0. The van der Waals surface area contributed by atoms with Crippen LogP contribution in [0.15, 0.2) is 24.3 Å². The fourth-order valence-electron chi connectivity index (χ4n) is 8.28. The van der Waals surface area contributed by atoms with Crippen LogP contribution in [0.1, 0.15) is 131 Å². The van der Waals surface area contributed by atoms with Crippen molar-refractivity contribution in [1.29, 1.82) is 0 Å². The van der Waals surface area contributed by atoms with Gasteiger partial charge in [-0.25, -0.2) is 0 Å². The Morgan fingerprint density at radius 3 is 1.56 bits per heavy atom. The van der Waals surface area contributed by atoms with E-state index in [1.807, 2.05) is 0 Å². The fourth-order valence-corrected chi connectivity index (χ4v) is 8.28. The minimum absolute atomic E-state index is 0.907. The number of hydrogen-bond donors (Lipinski definition) is 0. The number of allylic oxidation sites excluding steroid dienone is 4. The molecule has 0 aromatic heterocycles. The Bertz CT molecular complexity index is 582. The van der Waals surface area contributed by atoms with E-state index in [2.05, 4.69) is 65.8 Å². The number of rotatable bonds is 3. The average molecular weight is 469 g/mol. The summed E-state index contributed by atoms with van der Waals surface area (Å²) in [6, 6.07) is 0. The van der Waals surface area contributed by atoms with E-state index in [1.165, 1.54) is 83.5 Å². The second kappa shape index (κ2) is 14.3. The predicted molar refractivity (Wildman–Crippen MR) is 152 cm³/mol. The normalized spacial score (nSPS) is 43.4. The number of hydrogen-bond acceptors (Lipinski definition) is 0. The maximum atomic E-state index is 2.44. The molecule has 4 bridgehead atoms.